The van der Waals surface area contributed by atoms with E-state index in [0.29, 0.717) is 24.3 Å². The van der Waals surface area contributed by atoms with Crippen LogP contribution in [0.4, 0.5) is 10.5 Å². The van der Waals surface area contributed by atoms with Crippen LogP contribution in [0.2, 0.25) is 19.6 Å². The third kappa shape index (κ3) is 8.19. The maximum absolute atomic E-state index is 13.6. The number of ether oxygens (including phenoxy) is 2. The standard InChI is InChI=1S/C31H49N5O4Si/c1-10-25-26(19(2)35-36(25)18-39-20(3)41(7,8)9)24-16-15-23(17-32-24)33-29(37)28(34-30(38)40-31(4,5)6)27(21-11-12-21)22-13-14-22/h15-17,20-22,27-28H,10-14,18H2,1-9H3,(H,33,37)(H,34,38)/t20-,28-/m0/s1. The largest absolute Gasteiger partial charge is 0.444 e. The first kappa shape index (κ1) is 31.2. The highest BCUT2D eigenvalue weighted by molar-refractivity contribution is 6.77. The Morgan fingerprint density at radius 3 is 2.24 bits per heavy atom. The second-order valence-corrected chi connectivity index (χ2v) is 19.4. The molecule has 2 saturated carbocycles. The molecule has 0 bridgehead atoms. The first-order chi connectivity index (χ1) is 19.2. The van der Waals surface area contributed by atoms with Gasteiger partial charge in [0.05, 0.1) is 37.0 Å². The van der Waals surface area contributed by atoms with Crippen molar-refractivity contribution >= 4 is 25.8 Å². The van der Waals surface area contributed by atoms with E-state index < -0.39 is 25.8 Å². The summed E-state index contributed by atoms with van der Waals surface area (Å²) in [5.41, 5.74) is 3.95. The van der Waals surface area contributed by atoms with Gasteiger partial charge in [0, 0.05) is 11.3 Å². The van der Waals surface area contributed by atoms with Crippen LogP contribution in [0, 0.1) is 24.7 Å². The second-order valence-electron chi connectivity index (χ2n) is 13.9. The summed E-state index contributed by atoms with van der Waals surface area (Å²) in [6, 6.07) is 3.15. The van der Waals surface area contributed by atoms with E-state index in [0.717, 1.165) is 54.7 Å². The molecule has 2 heterocycles. The van der Waals surface area contributed by atoms with Gasteiger partial charge in [0.25, 0.3) is 0 Å². The monoisotopic (exact) mass is 583 g/mol. The minimum Gasteiger partial charge on any atom is -0.444 e. The molecule has 9 nitrogen and oxygen atoms in total. The van der Waals surface area contributed by atoms with E-state index in [1.807, 2.05) is 44.5 Å². The lowest BCUT2D eigenvalue weighted by atomic mass is 9.88. The van der Waals surface area contributed by atoms with Gasteiger partial charge in [-0.2, -0.15) is 5.10 Å². The molecule has 226 valence electrons. The fourth-order valence-corrected chi connectivity index (χ4v) is 5.93. The predicted octanol–water partition coefficient (Wildman–Crippen LogP) is 6.32. The molecule has 2 aromatic heterocycles. The lowest BCUT2D eigenvalue weighted by Crippen LogP contribution is -2.51. The molecule has 2 amide bonds. The Kier molecular flexibility index (Phi) is 9.33. The Bertz CT molecular complexity index is 1210. The number of nitrogens with one attached hydrogen (secondary N) is 2. The number of nitrogens with zero attached hydrogens (tertiary/aromatic N) is 3. The first-order valence-electron chi connectivity index (χ1n) is 15.1. The third-order valence-corrected chi connectivity index (χ3v) is 10.8. The summed E-state index contributed by atoms with van der Waals surface area (Å²) < 4.78 is 13.6. The van der Waals surface area contributed by atoms with Gasteiger partial charge in [-0.3, -0.25) is 9.78 Å². The minimum atomic E-state index is -1.41. The number of aryl methyl sites for hydroxylation is 1. The summed E-state index contributed by atoms with van der Waals surface area (Å²) >= 11 is 0. The molecular formula is C31H49N5O4Si. The number of rotatable bonds is 12. The molecule has 0 spiro atoms. The van der Waals surface area contributed by atoms with Crippen LogP contribution in [0.1, 0.15) is 71.7 Å². The smallest absolute Gasteiger partial charge is 0.408 e. The van der Waals surface area contributed by atoms with E-state index in [1.54, 1.807) is 6.20 Å². The highest BCUT2D eigenvalue weighted by Gasteiger charge is 2.48. The molecule has 0 aromatic carbocycles. The summed E-state index contributed by atoms with van der Waals surface area (Å²) in [5.74, 6) is 0.846. The molecule has 2 fully saturated rings. The van der Waals surface area contributed by atoms with Crippen LogP contribution in [-0.2, 0) is 27.4 Å². The second kappa shape index (κ2) is 12.3. The van der Waals surface area contributed by atoms with Gasteiger partial charge < -0.3 is 20.1 Å². The van der Waals surface area contributed by atoms with Gasteiger partial charge in [-0.1, -0.05) is 26.6 Å². The highest BCUT2D eigenvalue weighted by atomic mass is 28.3. The Balaban J connectivity index is 1.49. The van der Waals surface area contributed by atoms with Crippen molar-refractivity contribution in [3.8, 4) is 11.3 Å². The van der Waals surface area contributed by atoms with Crippen molar-refractivity contribution in [2.45, 2.75) is 117 Å². The normalized spacial score (nSPS) is 17.3. The zero-order valence-electron chi connectivity index (χ0n) is 26.3. The van der Waals surface area contributed by atoms with Gasteiger partial charge >= 0.3 is 6.09 Å². The number of alkyl carbamates (subject to hydrolysis) is 1. The number of hydrogen-bond acceptors (Lipinski definition) is 6. The van der Waals surface area contributed by atoms with Gasteiger partial charge in [-0.05, 0) is 96.6 Å². The predicted molar refractivity (Wildman–Crippen MR) is 164 cm³/mol. The van der Waals surface area contributed by atoms with Crippen molar-refractivity contribution in [2.24, 2.45) is 17.8 Å². The fraction of sp³-hybridized carbons (Fsp3) is 0.677. The fourth-order valence-electron chi connectivity index (χ4n) is 5.36. The van der Waals surface area contributed by atoms with Gasteiger partial charge in [0.1, 0.15) is 18.4 Å². The van der Waals surface area contributed by atoms with Crippen LogP contribution in [0.3, 0.4) is 0 Å². The van der Waals surface area contributed by atoms with E-state index in [4.69, 9.17) is 19.6 Å². The van der Waals surface area contributed by atoms with Crippen molar-refractivity contribution in [1.29, 1.82) is 0 Å². The number of carbonyl (C=O) groups excluding carboxylic acids is 2. The molecule has 2 aromatic rings. The van der Waals surface area contributed by atoms with Crippen LogP contribution in [0.5, 0.6) is 0 Å². The van der Waals surface area contributed by atoms with Crippen molar-refractivity contribution in [2.75, 3.05) is 5.32 Å². The van der Waals surface area contributed by atoms with E-state index in [1.165, 1.54) is 0 Å². The molecule has 41 heavy (non-hydrogen) atoms. The van der Waals surface area contributed by atoms with Gasteiger partial charge in [-0.25, -0.2) is 9.48 Å². The van der Waals surface area contributed by atoms with Crippen molar-refractivity contribution in [1.82, 2.24) is 20.1 Å². The molecule has 0 unspecified atom stereocenters. The maximum Gasteiger partial charge on any atom is 0.408 e. The van der Waals surface area contributed by atoms with Crippen molar-refractivity contribution in [3.05, 3.63) is 29.7 Å². The molecule has 2 aliphatic rings. The average Bonchev–Trinajstić information content (AvgIpc) is 3.80. The molecule has 0 radical (unpaired) electrons. The van der Waals surface area contributed by atoms with E-state index in [-0.39, 0.29) is 17.6 Å². The van der Waals surface area contributed by atoms with Gasteiger partial charge in [-0.15, -0.1) is 0 Å². The summed E-state index contributed by atoms with van der Waals surface area (Å²) in [4.78, 5) is 31.0. The topological polar surface area (TPSA) is 107 Å². The lowest BCUT2D eigenvalue weighted by Gasteiger charge is -2.29. The van der Waals surface area contributed by atoms with Crippen LogP contribution >= 0.6 is 0 Å². The van der Waals surface area contributed by atoms with Crippen molar-refractivity contribution < 1.29 is 19.1 Å². The quantitative estimate of drug-likeness (QED) is 0.283. The molecule has 0 saturated heterocycles. The summed E-state index contributed by atoms with van der Waals surface area (Å²) in [6.45, 7) is 19.0. The molecule has 2 atom stereocenters. The van der Waals surface area contributed by atoms with E-state index in [9.17, 15) is 9.59 Å². The van der Waals surface area contributed by atoms with Crippen LogP contribution in [0.25, 0.3) is 11.3 Å². The van der Waals surface area contributed by atoms with Crippen LogP contribution in [-0.4, -0.2) is 52.2 Å². The van der Waals surface area contributed by atoms with Gasteiger partial charge in [0.2, 0.25) is 5.91 Å². The number of anilines is 1. The SMILES string of the molecule is CCc1c(-c2ccc(NC(=O)[C@@H](NC(=O)OC(C)(C)C)C(C3CC3)C3CC3)cn2)c(C)nn1CO[C@H](C)[Si](C)(C)C. The number of aromatic nitrogens is 3. The Morgan fingerprint density at radius 1 is 1.12 bits per heavy atom. The van der Waals surface area contributed by atoms with Gasteiger partial charge in [0.15, 0.2) is 0 Å². The molecule has 2 N–H and O–H groups in total. The Morgan fingerprint density at radius 2 is 1.76 bits per heavy atom. The number of hydrogen-bond donors (Lipinski definition) is 2. The Labute approximate surface area is 246 Å². The summed E-state index contributed by atoms with van der Waals surface area (Å²) in [7, 11) is -1.41. The molecule has 4 rings (SSSR count). The minimum absolute atomic E-state index is 0.126. The number of carbonyl (C=O) groups is 2. The Hall–Kier alpha value is -2.72. The number of amides is 2. The molecule has 0 aliphatic heterocycles. The zero-order valence-corrected chi connectivity index (χ0v) is 27.3. The average molecular weight is 584 g/mol. The summed E-state index contributed by atoms with van der Waals surface area (Å²) in [5, 5.41) is 10.7. The molecule has 2 aliphatic carbocycles. The summed E-state index contributed by atoms with van der Waals surface area (Å²) in [6.07, 6.45) is 6.33. The molecule has 10 heteroatoms. The van der Waals surface area contributed by atoms with Crippen LogP contribution < -0.4 is 10.6 Å². The number of pyridine rings is 1. The van der Waals surface area contributed by atoms with E-state index >= 15 is 0 Å². The molecular weight excluding hydrogens is 534 g/mol. The highest BCUT2D eigenvalue weighted by Crippen LogP contribution is 2.51. The van der Waals surface area contributed by atoms with Crippen molar-refractivity contribution in [3.63, 3.8) is 0 Å². The first-order valence-corrected chi connectivity index (χ1v) is 18.7. The lowest BCUT2D eigenvalue weighted by molar-refractivity contribution is -0.120. The maximum atomic E-state index is 13.6. The van der Waals surface area contributed by atoms with Crippen LogP contribution in [0.15, 0.2) is 18.3 Å². The zero-order chi connectivity index (χ0) is 30.1. The van der Waals surface area contributed by atoms with E-state index in [2.05, 4.69) is 44.1 Å². The third-order valence-electron chi connectivity index (χ3n) is 8.19.